The van der Waals surface area contributed by atoms with Crippen LogP contribution in [-0.2, 0) is 0 Å². The summed E-state index contributed by atoms with van der Waals surface area (Å²) in [7, 11) is 0. The van der Waals surface area contributed by atoms with Gasteiger partial charge in [-0.05, 0) is 65.2 Å². The molecule has 4 aromatic heterocycles. The van der Waals surface area contributed by atoms with Gasteiger partial charge >= 0.3 is 5.97 Å². The summed E-state index contributed by atoms with van der Waals surface area (Å²) in [5.41, 5.74) is 3.30. The highest BCUT2D eigenvalue weighted by molar-refractivity contribution is 7.29. The van der Waals surface area contributed by atoms with Gasteiger partial charge in [-0.3, -0.25) is 0 Å². The smallest absolute Gasteiger partial charge is 0.336 e. The zero-order chi connectivity index (χ0) is 17.8. The van der Waals surface area contributed by atoms with E-state index in [2.05, 4.69) is 41.9 Å². The fraction of sp³-hybridized carbons (Fsp3) is 0.0500. The standard InChI is InChI=1S/C20H12O2S4/c1-10-6-12(17-9-19-15(26-17)3-5-24-19)13(20(21)22)7-11(10)16-8-18-14(25-16)2-4-23-18/h2-9H,1H3,(H,21,22). The van der Waals surface area contributed by atoms with Gasteiger partial charge in [-0.1, -0.05) is 0 Å². The molecule has 4 heterocycles. The Hall–Kier alpha value is -1.99. The Morgan fingerprint density at radius 2 is 1.38 bits per heavy atom. The number of hydrogen-bond acceptors (Lipinski definition) is 5. The molecule has 0 atom stereocenters. The molecule has 0 aliphatic heterocycles. The van der Waals surface area contributed by atoms with Crippen LogP contribution in [0.2, 0.25) is 0 Å². The number of benzene rings is 1. The lowest BCUT2D eigenvalue weighted by molar-refractivity contribution is 0.0698. The molecular formula is C20H12O2S4. The first-order valence-corrected chi connectivity index (χ1v) is 11.3. The van der Waals surface area contributed by atoms with Gasteiger partial charge in [0.2, 0.25) is 0 Å². The monoisotopic (exact) mass is 412 g/mol. The van der Waals surface area contributed by atoms with Gasteiger partial charge in [0.05, 0.1) is 5.56 Å². The molecule has 5 aromatic rings. The van der Waals surface area contributed by atoms with Crippen LogP contribution in [0.15, 0.2) is 47.2 Å². The van der Waals surface area contributed by atoms with Crippen molar-refractivity contribution in [2.45, 2.75) is 6.92 Å². The number of aromatic carboxylic acids is 1. The molecule has 0 spiro atoms. The Morgan fingerprint density at radius 1 is 0.808 bits per heavy atom. The molecule has 128 valence electrons. The van der Waals surface area contributed by atoms with Gasteiger partial charge in [0.25, 0.3) is 0 Å². The molecule has 2 nitrogen and oxygen atoms in total. The lowest BCUT2D eigenvalue weighted by Gasteiger charge is -2.10. The van der Waals surface area contributed by atoms with Crippen molar-refractivity contribution in [3.63, 3.8) is 0 Å². The second kappa shape index (κ2) is 6.03. The van der Waals surface area contributed by atoms with E-state index in [4.69, 9.17) is 0 Å². The molecule has 5 rings (SSSR count). The number of rotatable bonds is 3. The van der Waals surface area contributed by atoms with Crippen molar-refractivity contribution >= 4 is 70.1 Å². The summed E-state index contributed by atoms with van der Waals surface area (Å²) in [5, 5.41) is 14.0. The SMILES string of the molecule is Cc1cc(-c2cc3sccc3s2)c(C(=O)O)cc1-c1cc2sccc2s1. The molecule has 26 heavy (non-hydrogen) atoms. The van der Waals surface area contributed by atoms with Gasteiger partial charge in [0, 0.05) is 34.1 Å². The zero-order valence-corrected chi connectivity index (χ0v) is 16.9. The Morgan fingerprint density at radius 3 is 1.92 bits per heavy atom. The van der Waals surface area contributed by atoms with Crippen LogP contribution in [0.4, 0.5) is 0 Å². The maximum atomic E-state index is 12.0. The molecule has 0 unspecified atom stereocenters. The summed E-state index contributed by atoms with van der Waals surface area (Å²) in [6.45, 7) is 2.06. The van der Waals surface area contributed by atoms with Crippen molar-refractivity contribution in [2.24, 2.45) is 0 Å². The van der Waals surface area contributed by atoms with E-state index in [-0.39, 0.29) is 0 Å². The highest BCUT2D eigenvalue weighted by Gasteiger charge is 2.19. The predicted octanol–water partition coefficient (Wildman–Crippen LogP) is 7.58. The van der Waals surface area contributed by atoms with E-state index in [0.29, 0.717) is 5.56 Å². The molecule has 6 heteroatoms. The van der Waals surface area contributed by atoms with E-state index in [0.717, 1.165) is 26.4 Å². The van der Waals surface area contributed by atoms with Crippen LogP contribution in [-0.4, -0.2) is 11.1 Å². The summed E-state index contributed by atoms with van der Waals surface area (Å²) >= 11 is 6.79. The molecular weight excluding hydrogens is 400 g/mol. The topological polar surface area (TPSA) is 37.3 Å². The second-order valence-corrected chi connectivity index (χ2v) is 10.1. The average Bonchev–Trinajstić information content (AvgIpc) is 3.33. The van der Waals surface area contributed by atoms with Crippen LogP contribution in [0.3, 0.4) is 0 Å². The van der Waals surface area contributed by atoms with Crippen molar-refractivity contribution in [2.75, 3.05) is 0 Å². The van der Waals surface area contributed by atoms with Crippen molar-refractivity contribution in [3.05, 3.63) is 58.3 Å². The number of thiophene rings is 4. The number of aryl methyl sites for hydroxylation is 1. The fourth-order valence-corrected chi connectivity index (χ4v) is 7.48. The highest BCUT2D eigenvalue weighted by Crippen LogP contribution is 2.42. The number of fused-ring (bicyclic) bond motifs is 2. The first kappa shape index (κ1) is 16.2. The van der Waals surface area contributed by atoms with Crippen LogP contribution in [0.25, 0.3) is 39.7 Å². The third-order valence-corrected chi connectivity index (χ3v) is 8.66. The molecule has 0 aliphatic rings. The maximum Gasteiger partial charge on any atom is 0.336 e. The van der Waals surface area contributed by atoms with Crippen molar-refractivity contribution in [1.29, 1.82) is 0 Å². The zero-order valence-electron chi connectivity index (χ0n) is 13.6. The highest BCUT2D eigenvalue weighted by atomic mass is 32.1. The lowest BCUT2D eigenvalue weighted by atomic mass is 9.97. The fourth-order valence-electron chi connectivity index (χ4n) is 3.15. The summed E-state index contributed by atoms with van der Waals surface area (Å²) < 4.78 is 4.93. The molecule has 0 saturated heterocycles. The van der Waals surface area contributed by atoms with Crippen molar-refractivity contribution in [3.8, 4) is 20.9 Å². The largest absolute Gasteiger partial charge is 0.478 e. The van der Waals surface area contributed by atoms with E-state index in [1.165, 1.54) is 18.8 Å². The van der Waals surface area contributed by atoms with E-state index in [1.807, 2.05) is 12.1 Å². The first-order chi connectivity index (χ1) is 12.6. The van der Waals surface area contributed by atoms with E-state index in [9.17, 15) is 9.90 Å². The predicted molar refractivity (Wildman–Crippen MR) is 116 cm³/mol. The van der Waals surface area contributed by atoms with Gasteiger partial charge in [-0.15, -0.1) is 45.3 Å². The third-order valence-electron chi connectivity index (χ3n) is 4.40. The molecule has 0 aliphatic carbocycles. The van der Waals surface area contributed by atoms with Crippen LogP contribution < -0.4 is 0 Å². The number of carboxylic acids is 1. The summed E-state index contributed by atoms with van der Waals surface area (Å²) in [6, 6.07) is 12.4. The molecule has 0 amide bonds. The van der Waals surface area contributed by atoms with E-state index < -0.39 is 5.97 Å². The molecule has 0 radical (unpaired) electrons. The van der Waals surface area contributed by atoms with Crippen molar-refractivity contribution < 1.29 is 9.90 Å². The van der Waals surface area contributed by atoms with Crippen LogP contribution in [0.5, 0.6) is 0 Å². The maximum absolute atomic E-state index is 12.0. The minimum Gasteiger partial charge on any atom is -0.478 e. The summed E-state index contributed by atoms with van der Waals surface area (Å²) in [5.74, 6) is -0.878. The Balaban J connectivity index is 1.71. The van der Waals surface area contributed by atoms with Gasteiger partial charge in [0.1, 0.15) is 0 Å². The average molecular weight is 413 g/mol. The number of carboxylic acid groups (broad SMARTS) is 1. The van der Waals surface area contributed by atoms with Gasteiger partial charge in [-0.2, -0.15) is 0 Å². The molecule has 0 saturated carbocycles. The molecule has 1 N–H and O–H groups in total. The van der Waals surface area contributed by atoms with Gasteiger partial charge in [-0.25, -0.2) is 4.79 Å². The van der Waals surface area contributed by atoms with E-state index >= 15 is 0 Å². The summed E-state index contributed by atoms with van der Waals surface area (Å²) in [6.07, 6.45) is 0. The third kappa shape index (κ3) is 2.53. The minimum atomic E-state index is -0.878. The Kier molecular flexibility index (Phi) is 3.76. The molecule has 0 bridgehead atoms. The number of carbonyl (C=O) groups is 1. The van der Waals surface area contributed by atoms with E-state index in [1.54, 1.807) is 45.3 Å². The molecule has 0 fully saturated rings. The van der Waals surface area contributed by atoms with Gasteiger partial charge in [0.15, 0.2) is 0 Å². The van der Waals surface area contributed by atoms with Crippen molar-refractivity contribution in [1.82, 2.24) is 0 Å². The van der Waals surface area contributed by atoms with Crippen LogP contribution >= 0.6 is 45.3 Å². The Labute approximate surface area is 165 Å². The number of hydrogen-bond donors (Lipinski definition) is 1. The molecule has 1 aromatic carbocycles. The first-order valence-electron chi connectivity index (χ1n) is 7.93. The quantitative estimate of drug-likeness (QED) is 0.331. The van der Waals surface area contributed by atoms with Crippen LogP contribution in [0.1, 0.15) is 15.9 Å². The normalized spacial score (nSPS) is 11.6. The second-order valence-electron chi connectivity index (χ2n) is 6.04. The lowest BCUT2D eigenvalue weighted by Crippen LogP contribution is -2.00. The minimum absolute atomic E-state index is 0.372. The van der Waals surface area contributed by atoms with Gasteiger partial charge < -0.3 is 5.11 Å². The summed E-state index contributed by atoms with van der Waals surface area (Å²) in [4.78, 5) is 14.1. The Bertz CT molecular complexity index is 1220. The van der Waals surface area contributed by atoms with Crippen LogP contribution in [0, 0.1) is 6.92 Å².